The zero-order valence-electron chi connectivity index (χ0n) is 10.8. The van der Waals surface area contributed by atoms with Gasteiger partial charge in [0.15, 0.2) is 0 Å². The highest BCUT2D eigenvalue weighted by Gasteiger charge is 2.11. The molecule has 2 rings (SSSR count). The Morgan fingerprint density at radius 1 is 1.30 bits per heavy atom. The third-order valence-corrected chi connectivity index (χ3v) is 4.62. The third kappa shape index (κ3) is 3.55. The van der Waals surface area contributed by atoms with Gasteiger partial charge in [-0.15, -0.1) is 22.7 Å². The van der Waals surface area contributed by atoms with E-state index < -0.39 is 5.97 Å². The van der Waals surface area contributed by atoms with Crippen LogP contribution >= 0.6 is 22.7 Å². The molecule has 0 aliphatic rings. The second-order valence-corrected chi connectivity index (χ2v) is 6.00. The van der Waals surface area contributed by atoms with E-state index in [4.69, 9.17) is 5.11 Å². The maximum atomic E-state index is 12.0. The van der Waals surface area contributed by atoms with Crippen molar-refractivity contribution in [3.05, 3.63) is 49.9 Å². The van der Waals surface area contributed by atoms with Crippen molar-refractivity contribution in [2.45, 2.75) is 13.5 Å². The van der Waals surface area contributed by atoms with Crippen molar-refractivity contribution in [3.63, 3.8) is 0 Å². The molecule has 0 aliphatic heterocycles. The van der Waals surface area contributed by atoms with Crippen LogP contribution in [0.2, 0.25) is 0 Å². The fraction of sp³-hybridized carbons (Fsp3) is 0.143. The zero-order valence-corrected chi connectivity index (χ0v) is 12.4. The van der Waals surface area contributed by atoms with E-state index in [0.29, 0.717) is 11.4 Å². The van der Waals surface area contributed by atoms with Crippen molar-refractivity contribution in [2.24, 2.45) is 0 Å². The zero-order chi connectivity index (χ0) is 14.5. The molecule has 0 atom stereocenters. The maximum Gasteiger partial charge on any atom is 0.328 e. The minimum atomic E-state index is -0.986. The highest BCUT2D eigenvalue weighted by Crippen LogP contribution is 2.19. The highest BCUT2D eigenvalue weighted by molar-refractivity contribution is 7.12. The van der Waals surface area contributed by atoms with Crippen molar-refractivity contribution in [1.82, 2.24) is 5.32 Å². The summed E-state index contributed by atoms with van der Waals surface area (Å²) < 4.78 is 0. The quantitative estimate of drug-likeness (QED) is 0.834. The molecule has 0 aliphatic carbocycles. The summed E-state index contributed by atoms with van der Waals surface area (Å²) in [6.45, 7) is 2.30. The molecule has 6 heteroatoms. The Balaban J connectivity index is 2.01. The van der Waals surface area contributed by atoms with Gasteiger partial charge in [0.05, 0.1) is 11.4 Å². The van der Waals surface area contributed by atoms with Gasteiger partial charge in [0, 0.05) is 11.0 Å². The standard InChI is InChI=1S/C14H13NO3S2/c1-9-4-6-20-13(9)14(18)15-8-11-10(5-7-19-11)2-3-12(16)17/h2-7H,8H2,1H3,(H,15,18)(H,16,17)/b3-2+. The van der Waals surface area contributed by atoms with E-state index >= 15 is 0 Å². The molecule has 0 aromatic carbocycles. The first-order valence-electron chi connectivity index (χ1n) is 5.87. The molecule has 20 heavy (non-hydrogen) atoms. The normalized spacial score (nSPS) is 10.8. The van der Waals surface area contributed by atoms with Gasteiger partial charge >= 0.3 is 5.97 Å². The van der Waals surface area contributed by atoms with Crippen LogP contribution in [0.15, 0.2) is 29.0 Å². The molecule has 0 fully saturated rings. The van der Waals surface area contributed by atoms with Crippen molar-refractivity contribution in [2.75, 3.05) is 0 Å². The van der Waals surface area contributed by atoms with Gasteiger partial charge in [0.25, 0.3) is 5.91 Å². The number of nitrogens with one attached hydrogen (secondary N) is 1. The van der Waals surface area contributed by atoms with Crippen LogP contribution in [0.25, 0.3) is 6.08 Å². The Morgan fingerprint density at radius 2 is 2.05 bits per heavy atom. The Labute approximate surface area is 124 Å². The monoisotopic (exact) mass is 307 g/mol. The second-order valence-electron chi connectivity index (χ2n) is 4.09. The van der Waals surface area contributed by atoms with Gasteiger partial charge in [-0.3, -0.25) is 4.79 Å². The molecule has 0 bridgehead atoms. The number of amides is 1. The second kappa shape index (κ2) is 6.49. The van der Waals surface area contributed by atoms with E-state index in [2.05, 4.69) is 5.32 Å². The van der Waals surface area contributed by atoms with Crippen LogP contribution in [0, 0.1) is 6.92 Å². The van der Waals surface area contributed by atoms with Gasteiger partial charge in [0.2, 0.25) is 0 Å². The molecule has 0 spiro atoms. The first-order valence-corrected chi connectivity index (χ1v) is 7.63. The van der Waals surface area contributed by atoms with Gasteiger partial charge in [-0.2, -0.15) is 0 Å². The number of carboxylic acids is 1. The van der Waals surface area contributed by atoms with E-state index in [9.17, 15) is 9.59 Å². The van der Waals surface area contributed by atoms with Gasteiger partial charge in [0.1, 0.15) is 0 Å². The molecule has 4 nitrogen and oxygen atoms in total. The van der Waals surface area contributed by atoms with Crippen LogP contribution < -0.4 is 5.32 Å². The number of aryl methyl sites for hydroxylation is 1. The van der Waals surface area contributed by atoms with Gasteiger partial charge in [-0.05, 0) is 47.0 Å². The number of hydrogen-bond acceptors (Lipinski definition) is 4. The number of rotatable bonds is 5. The fourth-order valence-electron chi connectivity index (χ4n) is 1.65. The SMILES string of the molecule is Cc1ccsc1C(=O)NCc1sccc1/C=C/C(=O)O. The minimum Gasteiger partial charge on any atom is -0.478 e. The first-order chi connectivity index (χ1) is 9.58. The molecule has 2 heterocycles. The molecule has 104 valence electrons. The average molecular weight is 307 g/mol. The maximum absolute atomic E-state index is 12.0. The first kappa shape index (κ1) is 14.5. The summed E-state index contributed by atoms with van der Waals surface area (Å²) in [5.74, 6) is -1.08. The number of carboxylic acid groups (broad SMARTS) is 1. The molecular formula is C14H13NO3S2. The minimum absolute atomic E-state index is 0.0981. The van der Waals surface area contributed by atoms with Gasteiger partial charge in [-0.1, -0.05) is 0 Å². The fourth-order valence-corrected chi connectivity index (χ4v) is 3.30. The summed E-state index contributed by atoms with van der Waals surface area (Å²) in [6, 6.07) is 3.74. The van der Waals surface area contributed by atoms with Crippen LogP contribution in [-0.4, -0.2) is 17.0 Å². The molecule has 0 saturated heterocycles. The van der Waals surface area contributed by atoms with Crippen LogP contribution in [-0.2, 0) is 11.3 Å². The third-order valence-electron chi connectivity index (χ3n) is 2.66. The summed E-state index contributed by atoms with van der Waals surface area (Å²) in [4.78, 5) is 24.2. The average Bonchev–Trinajstić information content (AvgIpc) is 3.02. The van der Waals surface area contributed by atoms with Gasteiger partial charge in [-0.25, -0.2) is 4.79 Å². The van der Waals surface area contributed by atoms with Crippen molar-refractivity contribution in [3.8, 4) is 0 Å². The Bertz CT molecular complexity index is 655. The molecule has 0 radical (unpaired) electrons. The van der Waals surface area contributed by atoms with Crippen molar-refractivity contribution >= 4 is 40.6 Å². The van der Waals surface area contributed by atoms with Gasteiger partial charge < -0.3 is 10.4 Å². The number of carbonyl (C=O) groups is 2. The molecule has 0 unspecified atom stereocenters. The van der Waals surface area contributed by atoms with E-state index in [1.807, 2.05) is 29.8 Å². The van der Waals surface area contributed by atoms with Crippen molar-refractivity contribution < 1.29 is 14.7 Å². The van der Waals surface area contributed by atoms with Crippen LogP contribution in [0.5, 0.6) is 0 Å². The van der Waals surface area contributed by atoms with E-state index in [1.54, 1.807) is 0 Å². The number of aliphatic carboxylic acids is 1. The Hall–Kier alpha value is -1.92. The molecule has 2 aromatic heterocycles. The molecule has 2 N–H and O–H groups in total. The number of hydrogen-bond donors (Lipinski definition) is 2. The van der Waals surface area contributed by atoms with E-state index in [0.717, 1.165) is 22.1 Å². The van der Waals surface area contributed by atoms with Crippen LogP contribution in [0.4, 0.5) is 0 Å². The largest absolute Gasteiger partial charge is 0.478 e. The predicted octanol–water partition coefficient (Wildman–Crippen LogP) is 3.15. The van der Waals surface area contributed by atoms with Crippen molar-refractivity contribution in [1.29, 1.82) is 0 Å². The number of thiophene rings is 2. The molecular weight excluding hydrogens is 294 g/mol. The lowest BCUT2D eigenvalue weighted by molar-refractivity contribution is -0.131. The Morgan fingerprint density at radius 3 is 2.70 bits per heavy atom. The van der Waals surface area contributed by atoms with E-state index in [1.165, 1.54) is 28.7 Å². The summed E-state index contributed by atoms with van der Waals surface area (Å²) in [5.41, 5.74) is 1.78. The summed E-state index contributed by atoms with van der Waals surface area (Å²) in [5, 5.41) is 15.2. The summed E-state index contributed by atoms with van der Waals surface area (Å²) in [7, 11) is 0. The summed E-state index contributed by atoms with van der Waals surface area (Å²) in [6.07, 6.45) is 2.63. The number of carbonyl (C=O) groups excluding carboxylic acids is 1. The molecule has 2 aromatic rings. The molecule has 1 amide bonds. The topological polar surface area (TPSA) is 66.4 Å². The summed E-state index contributed by atoms with van der Waals surface area (Å²) >= 11 is 2.90. The van der Waals surface area contributed by atoms with Crippen LogP contribution in [0.3, 0.4) is 0 Å². The van der Waals surface area contributed by atoms with E-state index in [-0.39, 0.29) is 5.91 Å². The Kier molecular flexibility index (Phi) is 4.70. The lowest BCUT2D eigenvalue weighted by Gasteiger charge is -2.04. The highest BCUT2D eigenvalue weighted by atomic mass is 32.1. The van der Waals surface area contributed by atoms with Crippen LogP contribution in [0.1, 0.15) is 25.7 Å². The smallest absolute Gasteiger partial charge is 0.328 e. The molecule has 0 saturated carbocycles. The predicted molar refractivity (Wildman–Crippen MR) is 81.2 cm³/mol. The lowest BCUT2D eigenvalue weighted by Crippen LogP contribution is -2.22. The lowest BCUT2D eigenvalue weighted by atomic mass is 10.2.